The number of aromatic nitrogens is 2. The molecule has 1 N–H and O–H groups in total. The first-order valence-electron chi connectivity index (χ1n) is 5.73. The van der Waals surface area contributed by atoms with E-state index in [0.717, 1.165) is 16.9 Å². The molecular weight excluding hydrogens is 318 g/mol. The summed E-state index contributed by atoms with van der Waals surface area (Å²) in [7, 11) is 1.36. The van der Waals surface area contributed by atoms with Crippen molar-refractivity contribution in [2.24, 2.45) is 7.05 Å². The average Bonchev–Trinajstić information content (AvgIpc) is 2.83. The first-order valence-corrected chi connectivity index (χ1v) is 6.10. The van der Waals surface area contributed by atoms with E-state index in [9.17, 15) is 25.0 Å². The molecule has 0 bridgehead atoms. The summed E-state index contributed by atoms with van der Waals surface area (Å²) in [6.45, 7) is 0. The normalized spacial score (nSPS) is 10.3. The van der Waals surface area contributed by atoms with Crippen LogP contribution in [0.25, 0.3) is 0 Å². The summed E-state index contributed by atoms with van der Waals surface area (Å²) in [4.78, 5) is 32.3. The first kappa shape index (κ1) is 15.4. The smallest absolute Gasteiger partial charge is 0.319 e. The number of nitro groups is 2. The lowest BCUT2D eigenvalue weighted by Gasteiger charge is -2.07. The van der Waals surface area contributed by atoms with Gasteiger partial charge in [-0.25, -0.2) is 0 Å². The van der Waals surface area contributed by atoms with Crippen LogP contribution in [-0.4, -0.2) is 25.5 Å². The molecule has 11 heteroatoms. The van der Waals surface area contributed by atoms with Gasteiger partial charge in [0.15, 0.2) is 0 Å². The molecule has 0 saturated heterocycles. The summed E-state index contributed by atoms with van der Waals surface area (Å²) in [5.74, 6) is -0.853. The van der Waals surface area contributed by atoms with Crippen LogP contribution in [0.4, 0.5) is 17.1 Å². The fourth-order valence-electron chi connectivity index (χ4n) is 1.73. The third-order valence-electron chi connectivity index (χ3n) is 2.74. The molecule has 0 aliphatic rings. The largest absolute Gasteiger partial charge is 0.320 e. The van der Waals surface area contributed by atoms with Crippen molar-refractivity contribution in [1.29, 1.82) is 0 Å². The fourth-order valence-corrected chi connectivity index (χ4v) is 1.89. The highest BCUT2D eigenvalue weighted by atomic mass is 35.5. The van der Waals surface area contributed by atoms with Gasteiger partial charge in [0.2, 0.25) is 5.69 Å². The van der Waals surface area contributed by atoms with Crippen LogP contribution in [0, 0.1) is 20.2 Å². The number of benzene rings is 1. The minimum Gasteiger partial charge on any atom is -0.319 e. The molecule has 10 nitrogen and oxygen atoms in total. The number of nitrogens with one attached hydrogen (secondary N) is 1. The number of rotatable bonds is 4. The molecule has 22 heavy (non-hydrogen) atoms. The number of nitrogens with zero attached hydrogens (tertiary/aromatic N) is 4. The van der Waals surface area contributed by atoms with E-state index >= 15 is 0 Å². The maximum atomic E-state index is 12.1. The van der Waals surface area contributed by atoms with Crippen molar-refractivity contribution in [3.63, 3.8) is 0 Å². The molecule has 1 aromatic carbocycles. The van der Waals surface area contributed by atoms with Gasteiger partial charge in [0.1, 0.15) is 6.20 Å². The third-order valence-corrected chi connectivity index (χ3v) is 3.07. The highest BCUT2D eigenvalue weighted by Crippen LogP contribution is 2.28. The van der Waals surface area contributed by atoms with Crippen LogP contribution >= 0.6 is 11.6 Å². The Morgan fingerprint density at radius 2 is 2.00 bits per heavy atom. The van der Waals surface area contributed by atoms with E-state index in [0.29, 0.717) is 0 Å². The van der Waals surface area contributed by atoms with Crippen LogP contribution in [-0.2, 0) is 7.05 Å². The molecule has 0 unspecified atom stereocenters. The molecule has 0 atom stereocenters. The topological polar surface area (TPSA) is 133 Å². The SMILES string of the molecule is Cn1ncc([N+](=O)[O-])c1C(=O)Nc1cc([N+](=O)[O-])ccc1Cl. The lowest BCUT2D eigenvalue weighted by molar-refractivity contribution is -0.385. The quantitative estimate of drug-likeness (QED) is 0.676. The van der Waals surface area contributed by atoms with Gasteiger partial charge in [0.25, 0.3) is 11.6 Å². The van der Waals surface area contributed by atoms with E-state index in [1.807, 2.05) is 0 Å². The lowest BCUT2D eigenvalue weighted by Crippen LogP contribution is -2.18. The van der Waals surface area contributed by atoms with Crippen LogP contribution < -0.4 is 5.32 Å². The minimum atomic E-state index is -0.853. The Morgan fingerprint density at radius 1 is 1.32 bits per heavy atom. The molecule has 1 aromatic heterocycles. The van der Waals surface area contributed by atoms with Gasteiger partial charge in [-0.1, -0.05) is 11.6 Å². The van der Waals surface area contributed by atoms with Gasteiger partial charge < -0.3 is 5.32 Å². The molecule has 1 amide bonds. The van der Waals surface area contributed by atoms with Crippen LogP contribution in [0.2, 0.25) is 5.02 Å². The molecule has 1 heterocycles. The number of nitro benzene ring substituents is 1. The molecule has 2 rings (SSSR count). The van der Waals surface area contributed by atoms with Gasteiger partial charge in [-0.3, -0.25) is 29.7 Å². The molecule has 114 valence electrons. The number of aryl methyl sites for hydroxylation is 1. The number of anilines is 1. The van der Waals surface area contributed by atoms with Crippen molar-refractivity contribution < 1.29 is 14.6 Å². The zero-order valence-electron chi connectivity index (χ0n) is 11.0. The maximum Gasteiger partial charge on any atom is 0.320 e. The molecule has 0 aliphatic carbocycles. The van der Waals surface area contributed by atoms with Crippen LogP contribution in [0.3, 0.4) is 0 Å². The third kappa shape index (κ3) is 2.86. The van der Waals surface area contributed by atoms with E-state index in [2.05, 4.69) is 10.4 Å². The number of hydrogen-bond donors (Lipinski definition) is 1. The Morgan fingerprint density at radius 3 is 2.59 bits per heavy atom. The number of non-ortho nitro benzene ring substituents is 1. The van der Waals surface area contributed by atoms with Crippen molar-refractivity contribution in [2.75, 3.05) is 5.32 Å². The molecule has 2 aromatic rings. The van der Waals surface area contributed by atoms with E-state index in [1.165, 1.54) is 19.2 Å². The summed E-state index contributed by atoms with van der Waals surface area (Å²) in [6.07, 6.45) is 0.934. The van der Waals surface area contributed by atoms with Crippen molar-refractivity contribution in [1.82, 2.24) is 9.78 Å². The van der Waals surface area contributed by atoms with Gasteiger partial charge >= 0.3 is 5.69 Å². The molecule has 0 saturated carbocycles. The van der Waals surface area contributed by atoms with Crippen molar-refractivity contribution in [3.05, 3.63) is 55.3 Å². The highest BCUT2D eigenvalue weighted by molar-refractivity contribution is 6.34. The standard InChI is InChI=1S/C11H8ClN5O5/c1-15-10(9(5-13-15)17(21)22)11(18)14-8-4-6(16(19)20)2-3-7(8)12/h2-5H,1H3,(H,14,18). The Labute approximate surface area is 127 Å². The first-order chi connectivity index (χ1) is 10.3. The molecule has 0 spiro atoms. The van der Waals surface area contributed by atoms with E-state index in [1.54, 1.807) is 0 Å². The van der Waals surface area contributed by atoms with Gasteiger partial charge in [-0.05, 0) is 6.07 Å². The Kier molecular flexibility index (Phi) is 4.04. The summed E-state index contributed by atoms with van der Waals surface area (Å²) in [5.41, 5.74) is -1.09. The Bertz CT molecular complexity index is 787. The van der Waals surface area contributed by atoms with Crippen molar-refractivity contribution in [2.45, 2.75) is 0 Å². The van der Waals surface area contributed by atoms with Crippen LogP contribution in [0.1, 0.15) is 10.5 Å². The van der Waals surface area contributed by atoms with Crippen LogP contribution in [0.5, 0.6) is 0 Å². The second-order valence-corrected chi connectivity index (χ2v) is 4.54. The second-order valence-electron chi connectivity index (χ2n) is 4.13. The van der Waals surface area contributed by atoms with Gasteiger partial charge in [-0.2, -0.15) is 5.10 Å². The molecule has 0 aliphatic heterocycles. The average molecular weight is 326 g/mol. The summed E-state index contributed by atoms with van der Waals surface area (Å²) in [5, 5.41) is 27.6. The monoisotopic (exact) mass is 325 g/mol. The number of hydrogen-bond acceptors (Lipinski definition) is 6. The zero-order valence-corrected chi connectivity index (χ0v) is 11.8. The van der Waals surface area contributed by atoms with Crippen molar-refractivity contribution >= 4 is 34.6 Å². The Balaban J connectivity index is 2.38. The molecule has 0 fully saturated rings. The predicted octanol–water partition coefficient (Wildman–Crippen LogP) is 2.14. The maximum absolute atomic E-state index is 12.1. The highest BCUT2D eigenvalue weighted by Gasteiger charge is 2.26. The second kappa shape index (κ2) is 5.77. The van der Waals surface area contributed by atoms with Crippen LogP contribution in [0.15, 0.2) is 24.4 Å². The summed E-state index contributed by atoms with van der Waals surface area (Å²) < 4.78 is 1.03. The summed E-state index contributed by atoms with van der Waals surface area (Å²) >= 11 is 5.85. The number of halogens is 1. The Hall–Kier alpha value is -3.01. The predicted molar refractivity (Wildman–Crippen MR) is 75.9 cm³/mol. The van der Waals surface area contributed by atoms with E-state index < -0.39 is 21.4 Å². The van der Waals surface area contributed by atoms with Gasteiger partial charge in [-0.15, -0.1) is 0 Å². The summed E-state index contributed by atoms with van der Waals surface area (Å²) in [6, 6.07) is 3.47. The van der Waals surface area contributed by atoms with Gasteiger partial charge in [0.05, 0.1) is 20.6 Å². The van der Waals surface area contributed by atoms with Crippen molar-refractivity contribution in [3.8, 4) is 0 Å². The number of carbonyl (C=O) groups excluding carboxylic acids is 1. The molecular formula is C11H8ClN5O5. The molecule has 0 radical (unpaired) electrons. The van der Waals surface area contributed by atoms with E-state index in [-0.39, 0.29) is 22.1 Å². The number of amides is 1. The van der Waals surface area contributed by atoms with Gasteiger partial charge in [0, 0.05) is 19.2 Å². The minimum absolute atomic E-state index is 0.0311. The fraction of sp³-hybridized carbons (Fsp3) is 0.0909. The van der Waals surface area contributed by atoms with E-state index in [4.69, 9.17) is 11.6 Å². The number of carbonyl (C=O) groups is 1. The lowest BCUT2D eigenvalue weighted by atomic mass is 10.2. The zero-order chi connectivity index (χ0) is 16.4.